The number of nitrogens with zero attached hydrogens (tertiary/aromatic N) is 1. The standard InChI is InChI=1S/C15H22N2O4/c1-5-21-13(19)8-9-17-10-11(6-7-12(17)18)14(20)16-15(2,3)4/h6-7,10H,5,8-9H2,1-4H3,(H,16,20). The Hall–Kier alpha value is -2.11. The fourth-order valence-electron chi connectivity index (χ4n) is 1.70. The summed E-state index contributed by atoms with van der Waals surface area (Å²) in [4.78, 5) is 35.1. The molecule has 0 atom stereocenters. The molecule has 0 fully saturated rings. The van der Waals surface area contributed by atoms with E-state index in [-0.39, 0.29) is 35.9 Å². The zero-order chi connectivity index (χ0) is 16.0. The second-order valence-corrected chi connectivity index (χ2v) is 5.71. The fourth-order valence-corrected chi connectivity index (χ4v) is 1.70. The molecule has 1 amide bonds. The summed E-state index contributed by atoms with van der Waals surface area (Å²) in [5.74, 6) is -0.624. The third-order valence-corrected chi connectivity index (χ3v) is 2.60. The molecule has 116 valence electrons. The van der Waals surface area contributed by atoms with Crippen LogP contribution in [0.25, 0.3) is 0 Å². The van der Waals surface area contributed by atoms with Crippen LogP contribution >= 0.6 is 0 Å². The van der Waals surface area contributed by atoms with Crippen LogP contribution < -0.4 is 10.9 Å². The van der Waals surface area contributed by atoms with E-state index < -0.39 is 0 Å². The Morgan fingerprint density at radius 3 is 2.52 bits per heavy atom. The maximum Gasteiger partial charge on any atom is 0.307 e. The maximum absolute atomic E-state index is 12.0. The number of nitrogens with one attached hydrogen (secondary N) is 1. The Morgan fingerprint density at radius 2 is 1.95 bits per heavy atom. The number of carbonyl (C=O) groups excluding carboxylic acids is 2. The lowest BCUT2D eigenvalue weighted by Crippen LogP contribution is -2.41. The van der Waals surface area contributed by atoms with Crippen molar-refractivity contribution in [2.75, 3.05) is 6.61 Å². The Morgan fingerprint density at radius 1 is 1.29 bits per heavy atom. The Labute approximate surface area is 124 Å². The normalized spacial score (nSPS) is 11.0. The molecule has 1 rings (SSSR count). The van der Waals surface area contributed by atoms with Crippen LogP contribution in [-0.2, 0) is 16.1 Å². The quantitative estimate of drug-likeness (QED) is 0.831. The fraction of sp³-hybridized carbons (Fsp3) is 0.533. The van der Waals surface area contributed by atoms with Gasteiger partial charge < -0.3 is 14.6 Å². The SMILES string of the molecule is CCOC(=O)CCn1cc(C(=O)NC(C)(C)C)ccc1=O. The second-order valence-electron chi connectivity index (χ2n) is 5.71. The number of esters is 1. The molecule has 6 nitrogen and oxygen atoms in total. The van der Waals surface area contributed by atoms with Gasteiger partial charge in [-0.05, 0) is 33.8 Å². The molecule has 0 unspecified atom stereocenters. The molecule has 1 N–H and O–H groups in total. The number of amides is 1. The number of hydrogen-bond acceptors (Lipinski definition) is 4. The summed E-state index contributed by atoms with van der Waals surface area (Å²) in [6, 6.07) is 2.80. The molecule has 1 aromatic heterocycles. The van der Waals surface area contributed by atoms with Gasteiger partial charge in [-0.2, -0.15) is 0 Å². The smallest absolute Gasteiger partial charge is 0.307 e. The van der Waals surface area contributed by atoms with Gasteiger partial charge >= 0.3 is 5.97 Å². The first kappa shape index (κ1) is 16.9. The van der Waals surface area contributed by atoms with Crippen LogP contribution in [0.5, 0.6) is 0 Å². The van der Waals surface area contributed by atoms with Crippen molar-refractivity contribution < 1.29 is 14.3 Å². The summed E-state index contributed by atoms with van der Waals surface area (Å²) in [6.07, 6.45) is 1.56. The number of carbonyl (C=O) groups is 2. The molecule has 0 aliphatic rings. The average Bonchev–Trinajstić information content (AvgIpc) is 2.36. The minimum atomic E-state index is -0.367. The van der Waals surface area contributed by atoms with Crippen molar-refractivity contribution in [3.05, 3.63) is 34.2 Å². The van der Waals surface area contributed by atoms with Gasteiger partial charge in [-0.3, -0.25) is 14.4 Å². The molecule has 0 aliphatic heterocycles. The van der Waals surface area contributed by atoms with Crippen molar-refractivity contribution in [1.29, 1.82) is 0 Å². The molecular weight excluding hydrogens is 272 g/mol. The van der Waals surface area contributed by atoms with Crippen molar-refractivity contribution >= 4 is 11.9 Å². The highest BCUT2D eigenvalue weighted by Crippen LogP contribution is 2.04. The minimum Gasteiger partial charge on any atom is -0.466 e. The number of pyridine rings is 1. The third kappa shape index (κ3) is 5.81. The molecule has 1 heterocycles. The molecule has 0 radical (unpaired) electrons. The zero-order valence-electron chi connectivity index (χ0n) is 12.9. The predicted octanol–water partition coefficient (Wildman–Crippen LogP) is 1.33. The number of aryl methyl sites for hydroxylation is 1. The van der Waals surface area contributed by atoms with E-state index in [1.165, 1.54) is 22.9 Å². The molecular formula is C15H22N2O4. The van der Waals surface area contributed by atoms with E-state index in [0.29, 0.717) is 12.2 Å². The molecule has 0 aromatic carbocycles. The summed E-state index contributed by atoms with van der Waals surface area (Å²) in [5, 5.41) is 2.82. The number of ether oxygens (including phenoxy) is 1. The van der Waals surface area contributed by atoms with Crippen LogP contribution in [0.2, 0.25) is 0 Å². The van der Waals surface area contributed by atoms with Gasteiger partial charge in [0.2, 0.25) is 0 Å². The molecule has 0 bridgehead atoms. The van der Waals surface area contributed by atoms with Gasteiger partial charge in [0, 0.05) is 24.3 Å². The van der Waals surface area contributed by atoms with E-state index >= 15 is 0 Å². The molecule has 6 heteroatoms. The first-order chi connectivity index (χ1) is 9.73. The van der Waals surface area contributed by atoms with Crippen molar-refractivity contribution in [3.8, 4) is 0 Å². The maximum atomic E-state index is 12.0. The lowest BCUT2D eigenvalue weighted by atomic mass is 10.1. The van der Waals surface area contributed by atoms with Gasteiger partial charge in [0.05, 0.1) is 18.6 Å². The molecule has 1 aromatic rings. The Bertz CT molecular complexity index is 570. The van der Waals surface area contributed by atoms with Crippen LogP contribution in [0.4, 0.5) is 0 Å². The summed E-state index contributed by atoms with van der Waals surface area (Å²) in [7, 11) is 0. The first-order valence-electron chi connectivity index (χ1n) is 6.91. The summed E-state index contributed by atoms with van der Waals surface area (Å²) >= 11 is 0. The molecule has 21 heavy (non-hydrogen) atoms. The van der Waals surface area contributed by atoms with E-state index in [1.807, 2.05) is 20.8 Å². The van der Waals surface area contributed by atoms with Crippen molar-refractivity contribution in [3.63, 3.8) is 0 Å². The summed E-state index contributed by atoms with van der Waals surface area (Å²) in [6.45, 7) is 7.85. The van der Waals surface area contributed by atoms with Crippen LogP contribution in [0.3, 0.4) is 0 Å². The van der Waals surface area contributed by atoms with E-state index in [0.717, 1.165) is 0 Å². The van der Waals surface area contributed by atoms with Gasteiger partial charge in [-0.15, -0.1) is 0 Å². The van der Waals surface area contributed by atoms with Crippen molar-refractivity contribution in [2.24, 2.45) is 0 Å². The van der Waals surface area contributed by atoms with Crippen LogP contribution in [0.15, 0.2) is 23.1 Å². The Balaban J connectivity index is 2.82. The van der Waals surface area contributed by atoms with E-state index in [1.54, 1.807) is 6.92 Å². The minimum absolute atomic E-state index is 0.0953. The molecule has 0 aliphatic carbocycles. The summed E-state index contributed by atoms with van der Waals surface area (Å²) < 4.78 is 6.16. The van der Waals surface area contributed by atoms with E-state index in [2.05, 4.69) is 5.32 Å². The lowest BCUT2D eigenvalue weighted by molar-refractivity contribution is -0.143. The van der Waals surface area contributed by atoms with Crippen molar-refractivity contribution in [2.45, 2.75) is 46.2 Å². The average molecular weight is 294 g/mol. The van der Waals surface area contributed by atoms with Gasteiger partial charge in [0.1, 0.15) is 0 Å². The number of aromatic nitrogens is 1. The lowest BCUT2D eigenvalue weighted by Gasteiger charge is -2.20. The third-order valence-electron chi connectivity index (χ3n) is 2.60. The van der Waals surface area contributed by atoms with Crippen LogP contribution in [-0.4, -0.2) is 28.6 Å². The summed E-state index contributed by atoms with van der Waals surface area (Å²) in [5.41, 5.74) is -0.233. The highest BCUT2D eigenvalue weighted by molar-refractivity contribution is 5.94. The van der Waals surface area contributed by atoms with Crippen LogP contribution in [0.1, 0.15) is 44.5 Å². The van der Waals surface area contributed by atoms with Gasteiger partial charge in [0.25, 0.3) is 11.5 Å². The van der Waals surface area contributed by atoms with Crippen LogP contribution in [0, 0.1) is 0 Å². The largest absolute Gasteiger partial charge is 0.466 e. The van der Waals surface area contributed by atoms with Gasteiger partial charge in [-0.25, -0.2) is 0 Å². The Kier molecular flexibility index (Phi) is 5.69. The molecule has 0 saturated heterocycles. The zero-order valence-corrected chi connectivity index (χ0v) is 12.9. The van der Waals surface area contributed by atoms with Crippen molar-refractivity contribution in [1.82, 2.24) is 9.88 Å². The molecule has 0 saturated carbocycles. The second kappa shape index (κ2) is 7.06. The highest BCUT2D eigenvalue weighted by atomic mass is 16.5. The highest BCUT2D eigenvalue weighted by Gasteiger charge is 2.16. The van der Waals surface area contributed by atoms with E-state index in [4.69, 9.17) is 4.74 Å². The topological polar surface area (TPSA) is 77.4 Å². The first-order valence-corrected chi connectivity index (χ1v) is 6.91. The number of rotatable bonds is 5. The van der Waals surface area contributed by atoms with Gasteiger partial charge in [0.15, 0.2) is 0 Å². The van der Waals surface area contributed by atoms with E-state index in [9.17, 15) is 14.4 Å². The number of hydrogen-bond donors (Lipinski definition) is 1. The van der Waals surface area contributed by atoms with Gasteiger partial charge in [-0.1, -0.05) is 0 Å². The molecule has 0 spiro atoms. The predicted molar refractivity (Wildman–Crippen MR) is 79.2 cm³/mol. The monoisotopic (exact) mass is 294 g/mol.